The van der Waals surface area contributed by atoms with Crippen LogP contribution in [-0.4, -0.2) is 34.0 Å². The lowest BCUT2D eigenvalue weighted by molar-refractivity contribution is -0.141. The lowest BCUT2D eigenvalue weighted by Crippen LogP contribution is -2.30. The number of likely N-dealkylation sites (tertiary alicyclic amines) is 1. The molecule has 1 amide bonds. The number of benzene rings is 2. The van der Waals surface area contributed by atoms with E-state index in [1.165, 1.54) is 4.90 Å². The first-order valence-electron chi connectivity index (χ1n) is 10.2. The first-order valence-corrected chi connectivity index (χ1v) is 10.2. The smallest absolute Gasteiger partial charge is 0.291 e. The van der Waals surface area contributed by atoms with Gasteiger partial charge in [-0.2, -0.15) is 0 Å². The van der Waals surface area contributed by atoms with Gasteiger partial charge in [-0.1, -0.05) is 42.5 Å². The molecular weight excluding hydrogens is 392 g/mol. The van der Waals surface area contributed by atoms with Gasteiger partial charge in [-0.3, -0.25) is 19.4 Å². The summed E-state index contributed by atoms with van der Waals surface area (Å²) in [6, 6.07) is 18.9. The molecule has 31 heavy (non-hydrogen) atoms. The van der Waals surface area contributed by atoms with Gasteiger partial charge < -0.3 is 9.64 Å². The van der Waals surface area contributed by atoms with Crippen LogP contribution in [0.25, 0.3) is 0 Å². The Morgan fingerprint density at radius 3 is 2.45 bits per heavy atom. The summed E-state index contributed by atoms with van der Waals surface area (Å²) in [4.78, 5) is 45.0. The average Bonchev–Trinajstić information content (AvgIpc) is 3.05. The van der Waals surface area contributed by atoms with Gasteiger partial charge in [0, 0.05) is 24.5 Å². The molecule has 1 aliphatic rings. The topological polar surface area (TPSA) is 76.6 Å². The molecular formula is C25H22N2O4. The number of carbonyl (C=O) groups excluding carboxylic acids is 3. The molecule has 0 bridgehead atoms. The minimum atomic E-state index is -1.12. The van der Waals surface area contributed by atoms with Crippen LogP contribution >= 0.6 is 0 Å². The lowest BCUT2D eigenvalue weighted by Gasteiger charge is -2.27. The first kappa shape index (κ1) is 20.5. The Morgan fingerprint density at radius 1 is 1.00 bits per heavy atom. The number of pyridine rings is 1. The molecule has 0 N–H and O–H groups in total. The van der Waals surface area contributed by atoms with Crippen LogP contribution in [0.1, 0.15) is 34.5 Å². The highest BCUT2D eigenvalue weighted by molar-refractivity contribution is 6.44. The summed E-state index contributed by atoms with van der Waals surface area (Å²) in [5.74, 6) is -2.28. The van der Waals surface area contributed by atoms with Gasteiger partial charge in [-0.05, 0) is 42.3 Å². The molecule has 2 aromatic carbocycles. The first-order chi connectivity index (χ1) is 15.1. The summed E-state index contributed by atoms with van der Waals surface area (Å²) in [6.07, 6.45) is 3.27. The van der Waals surface area contributed by atoms with Gasteiger partial charge in [0.2, 0.25) is 5.78 Å². The van der Waals surface area contributed by atoms with Crippen LogP contribution in [0.2, 0.25) is 0 Å². The number of ether oxygens (including phenoxy) is 1. The van der Waals surface area contributed by atoms with E-state index in [1.54, 1.807) is 48.8 Å². The third-order valence-corrected chi connectivity index (χ3v) is 5.36. The van der Waals surface area contributed by atoms with Crippen LogP contribution in [-0.2, 0) is 16.1 Å². The minimum absolute atomic E-state index is 0.218. The Labute approximate surface area is 180 Å². The van der Waals surface area contributed by atoms with E-state index < -0.39 is 23.7 Å². The maximum Gasteiger partial charge on any atom is 0.291 e. The SMILES string of the molecule is CCOc1cccc(C(=O)C2C(=O)C(=O)N(Cc3ccncc3)C2c2ccccc2)c1. The van der Waals surface area contributed by atoms with Crippen LogP contribution in [0, 0.1) is 5.92 Å². The van der Waals surface area contributed by atoms with Crippen LogP contribution in [0.15, 0.2) is 79.1 Å². The van der Waals surface area contributed by atoms with Crippen LogP contribution in [0.5, 0.6) is 5.75 Å². The zero-order valence-corrected chi connectivity index (χ0v) is 17.1. The Hall–Kier alpha value is -3.80. The number of hydrogen-bond acceptors (Lipinski definition) is 5. The summed E-state index contributed by atoms with van der Waals surface area (Å²) in [5, 5.41) is 0. The van der Waals surface area contributed by atoms with E-state index in [1.807, 2.05) is 37.3 Å². The summed E-state index contributed by atoms with van der Waals surface area (Å²) in [7, 11) is 0. The monoisotopic (exact) mass is 414 g/mol. The van der Waals surface area contributed by atoms with Gasteiger partial charge >= 0.3 is 0 Å². The zero-order chi connectivity index (χ0) is 21.8. The van der Waals surface area contributed by atoms with Gasteiger partial charge in [-0.15, -0.1) is 0 Å². The molecule has 0 radical (unpaired) electrons. The van der Waals surface area contributed by atoms with Crippen molar-refractivity contribution in [1.29, 1.82) is 0 Å². The molecule has 1 fully saturated rings. The van der Waals surface area contributed by atoms with E-state index in [2.05, 4.69) is 4.98 Å². The highest BCUT2D eigenvalue weighted by Gasteiger charge is 2.51. The molecule has 6 nitrogen and oxygen atoms in total. The number of nitrogens with zero attached hydrogens (tertiary/aromatic N) is 2. The second-order valence-corrected chi connectivity index (χ2v) is 7.31. The third kappa shape index (κ3) is 4.10. The van der Waals surface area contributed by atoms with E-state index >= 15 is 0 Å². The maximum atomic E-state index is 13.5. The molecule has 2 heterocycles. The number of hydrogen-bond donors (Lipinski definition) is 0. The van der Waals surface area contributed by atoms with Gasteiger partial charge in [0.05, 0.1) is 12.6 Å². The van der Waals surface area contributed by atoms with Crippen molar-refractivity contribution in [3.63, 3.8) is 0 Å². The van der Waals surface area contributed by atoms with E-state index in [9.17, 15) is 14.4 Å². The summed E-state index contributed by atoms with van der Waals surface area (Å²) >= 11 is 0. The summed E-state index contributed by atoms with van der Waals surface area (Å²) in [5.41, 5.74) is 1.93. The molecule has 1 aliphatic heterocycles. The highest BCUT2D eigenvalue weighted by Crippen LogP contribution is 2.39. The molecule has 2 atom stereocenters. The Balaban J connectivity index is 1.74. The molecule has 3 aromatic rings. The van der Waals surface area contributed by atoms with E-state index in [-0.39, 0.29) is 12.3 Å². The second kappa shape index (κ2) is 8.92. The molecule has 1 aromatic heterocycles. The quantitative estimate of drug-likeness (QED) is 0.335. The molecule has 0 aliphatic carbocycles. The number of aromatic nitrogens is 1. The predicted molar refractivity (Wildman–Crippen MR) is 114 cm³/mol. The number of ketones is 2. The Kier molecular flexibility index (Phi) is 5.89. The standard InChI is InChI=1S/C25H22N2O4/c1-2-31-20-10-6-9-19(15-20)23(28)21-22(18-7-4-3-5-8-18)27(25(30)24(21)29)16-17-11-13-26-14-12-17/h3-15,21-22H,2,16H2,1H3. The second-order valence-electron chi connectivity index (χ2n) is 7.31. The molecule has 4 rings (SSSR count). The van der Waals surface area contributed by atoms with Crippen molar-refractivity contribution >= 4 is 17.5 Å². The molecule has 0 saturated carbocycles. The van der Waals surface area contributed by atoms with Crippen LogP contribution in [0.3, 0.4) is 0 Å². The number of rotatable bonds is 7. The average molecular weight is 414 g/mol. The number of carbonyl (C=O) groups is 3. The van der Waals surface area contributed by atoms with Crippen molar-refractivity contribution in [3.8, 4) is 5.75 Å². The van der Waals surface area contributed by atoms with Crippen molar-refractivity contribution in [2.24, 2.45) is 5.92 Å². The Bertz CT molecular complexity index is 1100. The van der Waals surface area contributed by atoms with Crippen molar-refractivity contribution in [2.75, 3.05) is 6.61 Å². The molecule has 6 heteroatoms. The Morgan fingerprint density at radius 2 is 1.74 bits per heavy atom. The lowest BCUT2D eigenvalue weighted by atomic mass is 9.86. The van der Waals surface area contributed by atoms with Crippen molar-refractivity contribution in [2.45, 2.75) is 19.5 Å². The van der Waals surface area contributed by atoms with E-state index in [0.717, 1.165) is 11.1 Å². The third-order valence-electron chi connectivity index (χ3n) is 5.36. The van der Waals surface area contributed by atoms with E-state index in [0.29, 0.717) is 17.9 Å². The minimum Gasteiger partial charge on any atom is -0.494 e. The normalized spacial score (nSPS) is 18.3. The van der Waals surface area contributed by atoms with Crippen LogP contribution < -0.4 is 4.74 Å². The number of amides is 1. The highest BCUT2D eigenvalue weighted by atomic mass is 16.5. The number of Topliss-reactive ketones (excluding diaryl/α,β-unsaturated/α-hetero) is 2. The molecule has 1 saturated heterocycles. The fraction of sp³-hybridized carbons (Fsp3) is 0.200. The van der Waals surface area contributed by atoms with Crippen molar-refractivity contribution < 1.29 is 19.1 Å². The van der Waals surface area contributed by atoms with Gasteiger partial charge in [0.1, 0.15) is 11.7 Å². The zero-order valence-electron chi connectivity index (χ0n) is 17.1. The summed E-state index contributed by atoms with van der Waals surface area (Å²) in [6.45, 7) is 2.54. The maximum absolute atomic E-state index is 13.5. The van der Waals surface area contributed by atoms with Gasteiger partial charge in [0.25, 0.3) is 5.91 Å². The predicted octanol–water partition coefficient (Wildman–Crippen LogP) is 3.63. The fourth-order valence-electron chi connectivity index (χ4n) is 3.95. The van der Waals surface area contributed by atoms with Crippen molar-refractivity contribution in [1.82, 2.24) is 9.88 Å². The largest absolute Gasteiger partial charge is 0.494 e. The van der Waals surface area contributed by atoms with Crippen molar-refractivity contribution in [3.05, 3.63) is 95.8 Å². The van der Waals surface area contributed by atoms with E-state index in [4.69, 9.17) is 4.74 Å². The summed E-state index contributed by atoms with van der Waals surface area (Å²) < 4.78 is 5.50. The molecule has 0 spiro atoms. The fourth-order valence-corrected chi connectivity index (χ4v) is 3.95. The molecule has 156 valence electrons. The van der Waals surface area contributed by atoms with Gasteiger partial charge in [-0.25, -0.2) is 0 Å². The van der Waals surface area contributed by atoms with Gasteiger partial charge in [0.15, 0.2) is 5.78 Å². The van der Waals surface area contributed by atoms with Crippen LogP contribution in [0.4, 0.5) is 0 Å². The molecule has 2 unspecified atom stereocenters.